The van der Waals surface area contributed by atoms with Crippen LogP contribution in [0.15, 0.2) is 18.2 Å². The Morgan fingerprint density at radius 3 is 2.95 bits per heavy atom. The number of aryl methyl sites for hydroxylation is 1. The Kier molecular flexibility index (Phi) is 3.19. The average molecular weight is 260 g/mol. The van der Waals surface area contributed by atoms with Crippen molar-refractivity contribution in [3.8, 4) is 0 Å². The summed E-state index contributed by atoms with van der Waals surface area (Å²) < 4.78 is 0. The number of nitrogens with zero attached hydrogens (tertiary/aromatic N) is 2. The van der Waals surface area contributed by atoms with E-state index < -0.39 is 5.97 Å². The Balaban J connectivity index is 1.87. The molecule has 4 heteroatoms. The van der Waals surface area contributed by atoms with Crippen molar-refractivity contribution < 1.29 is 9.90 Å². The number of aromatic carboxylic acids is 1. The molecule has 1 N–H and O–H groups in total. The van der Waals surface area contributed by atoms with Gasteiger partial charge in [-0.25, -0.2) is 4.79 Å². The van der Waals surface area contributed by atoms with Gasteiger partial charge in [-0.3, -0.25) is 4.90 Å². The number of rotatable bonds is 2. The van der Waals surface area contributed by atoms with Crippen LogP contribution < -0.4 is 4.90 Å². The number of carboxylic acid groups (broad SMARTS) is 1. The first kappa shape index (κ1) is 12.5. The maximum atomic E-state index is 11.4. The molecular formula is C15H20N2O2. The van der Waals surface area contributed by atoms with Crippen LogP contribution in [0, 0.1) is 6.92 Å². The third-order valence-corrected chi connectivity index (χ3v) is 4.31. The highest BCUT2D eigenvalue weighted by molar-refractivity contribution is 5.94. The fraction of sp³-hybridized carbons (Fsp3) is 0.533. The molecule has 0 bridgehead atoms. The van der Waals surface area contributed by atoms with Crippen molar-refractivity contribution in [2.75, 3.05) is 31.1 Å². The van der Waals surface area contributed by atoms with Crippen LogP contribution in [0.25, 0.3) is 0 Å². The van der Waals surface area contributed by atoms with Gasteiger partial charge in [-0.15, -0.1) is 0 Å². The molecule has 3 rings (SSSR count). The van der Waals surface area contributed by atoms with E-state index in [9.17, 15) is 9.90 Å². The lowest BCUT2D eigenvalue weighted by Gasteiger charge is -2.39. The molecule has 0 radical (unpaired) electrons. The van der Waals surface area contributed by atoms with Gasteiger partial charge in [0.1, 0.15) is 0 Å². The van der Waals surface area contributed by atoms with Crippen molar-refractivity contribution in [3.05, 3.63) is 29.3 Å². The van der Waals surface area contributed by atoms with Crippen LogP contribution in [-0.4, -0.2) is 48.2 Å². The zero-order valence-corrected chi connectivity index (χ0v) is 11.3. The van der Waals surface area contributed by atoms with Gasteiger partial charge in [-0.05, 0) is 38.4 Å². The highest BCUT2D eigenvalue weighted by Gasteiger charge is 2.31. The van der Waals surface area contributed by atoms with Crippen molar-refractivity contribution in [1.29, 1.82) is 0 Å². The Morgan fingerprint density at radius 1 is 1.32 bits per heavy atom. The predicted molar refractivity (Wildman–Crippen MR) is 74.9 cm³/mol. The summed E-state index contributed by atoms with van der Waals surface area (Å²) in [6, 6.07) is 6.35. The number of anilines is 1. The molecule has 102 valence electrons. The van der Waals surface area contributed by atoms with E-state index >= 15 is 0 Å². The lowest BCUT2D eigenvalue weighted by Crippen LogP contribution is -2.50. The Hall–Kier alpha value is -1.55. The number of piperazine rings is 1. The minimum atomic E-state index is -0.826. The van der Waals surface area contributed by atoms with Gasteiger partial charge in [0.25, 0.3) is 0 Å². The van der Waals surface area contributed by atoms with Crippen LogP contribution in [-0.2, 0) is 0 Å². The zero-order valence-electron chi connectivity index (χ0n) is 11.3. The number of hydrogen-bond donors (Lipinski definition) is 1. The molecule has 1 aromatic carbocycles. The summed E-state index contributed by atoms with van der Waals surface area (Å²) in [5.74, 6) is -0.826. The average Bonchev–Trinajstić information content (AvgIpc) is 2.85. The summed E-state index contributed by atoms with van der Waals surface area (Å²) >= 11 is 0. The molecule has 2 saturated heterocycles. The second kappa shape index (κ2) is 4.85. The summed E-state index contributed by atoms with van der Waals surface area (Å²) in [7, 11) is 0. The first-order valence-corrected chi connectivity index (χ1v) is 6.98. The monoisotopic (exact) mass is 260 g/mol. The molecule has 4 nitrogen and oxygen atoms in total. The second-order valence-corrected chi connectivity index (χ2v) is 5.60. The van der Waals surface area contributed by atoms with Gasteiger partial charge in [-0.2, -0.15) is 0 Å². The predicted octanol–water partition coefficient (Wildman–Crippen LogP) is 1.98. The molecule has 2 fully saturated rings. The topological polar surface area (TPSA) is 43.8 Å². The number of fused-ring (bicyclic) bond motifs is 1. The molecule has 0 saturated carbocycles. The van der Waals surface area contributed by atoms with E-state index in [1.165, 1.54) is 19.4 Å². The summed E-state index contributed by atoms with van der Waals surface area (Å²) in [5.41, 5.74) is 2.32. The first-order chi connectivity index (χ1) is 9.15. The van der Waals surface area contributed by atoms with E-state index in [2.05, 4.69) is 9.80 Å². The fourth-order valence-electron chi connectivity index (χ4n) is 3.31. The Labute approximate surface area is 113 Å². The summed E-state index contributed by atoms with van der Waals surface area (Å²) in [6.07, 6.45) is 2.52. The minimum Gasteiger partial charge on any atom is -0.478 e. The van der Waals surface area contributed by atoms with Gasteiger partial charge < -0.3 is 10.0 Å². The molecule has 2 heterocycles. The standard InChI is InChI=1S/C15H20N2O2/c1-11-4-5-14(13(9-11)15(18)19)17-8-7-16-6-2-3-12(16)10-17/h4-5,9,12H,2-3,6-8,10H2,1H3,(H,18,19). The normalized spacial score (nSPS) is 23.4. The van der Waals surface area contributed by atoms with Crippen molar-refractivity contribution in [2.24, 2.45) is 0 Å². The summed E-state index contributed by atoms with van der Waals surface area (Å²) in [5, 5.41) is 9.37. The van der Waals surface area contributed by atoms with Crippen LogP contribution >= 0.6 is 0 Å². The third-order valence-electron chi connectivity index (χ3n) is 4.31. The first-order valence-electron chi connectivity index (χ1n) is 6.98. The van der Waals surface area contributed by atoms with E-state index in [4.69, 9.17) is 0 Å². The van der Waals surface area contributed by atoms with Crippen LogP contribution in [0.1, 0.15) is 28.8 Å². The maximum Gasteiger partial charge on any atom is 0.337 e. The molecule has 0 amide bonds. The number of benzene rings is 1. The molecular weight excluding hydrogens is 240 g/mol. The highest BCUT2D eigenvalue weighted by atomic mass is 16.4. The van der Waals surface area contributed by atoms with Crippen molar-refractivity contribution in [3.63, 3.8) is 0 Å². The number of carbonyl (C=O) groups is 1. The Morgan fingerprint density at radius 2 is 2.16 bits per heavy atom. The summed E-state index contributed by atoms with van der Waals surface area (Å²) in [6.45, 7) is 6.09. The van der Waals surface area contributed by atoms with Gasteiger partial charge in [0.05, 0.1) is 11.3 Å². The SMILES string of the molecule is Cc1ccc(N2CCN3CCCC3C2)c(C(=O)O)c1. The maximum absolute atomic E-state index is 11.4. The van der Waals surface area contributed by atoms with Gasteiger partial charge in [-0.1, -0.05) is 11.6 Å². The molecule has 0 aliphatic carbocycles. The molecule has 1 atom stereocenters. The third kappa shape index (κ3) is 2.32. The lowest BCUT2D eigenvalue weighted by molar-refractivity contribution is 0.0697. The van der Waals surface area contributed by atoms with E-state index in [0.29, 0.717) is 11.6 Å². The van der Waals surface area contributed by atoms with Crippen LogP contribution in [0.3, 0.4) is 0 Å². The van der Waals surface area contributed by atoms with Crippen molar-refractivity contribution >= 4 is 11.7 Å². The highest BCUT2D eigenvalue weighted by Crippen LogP contribution is 2.28. The van der Waals surface area contributed by atoms with Crippen molar-refractivity contribution in [2.45, 2.75) is 25.8 Å². The van der Waals surface area contributed by atoms with Crippen LogP contribution in [0.5, 0.6) is 0 Å². The van der Waals surface area contributed by atoms with Gasteiger partial charge in [0.2, 0.25) is 0 Å². The largest absolute Gasteiger partial charge is 0.478 e. The number of hydrogen-bond acceptors (Lipinski definition) is 3. The van der Waals surface area contributed by atoms with Gasteiger partial charge in [0.15, 0.2) is 0 Å². The quantitative estimate of drug-likeness (QED) is 0.883. The molecule has 0 spiro atoms. The number of carboxylic acids is 1. The molecule has 1 unspecified atom stereocenters. The molecule has 2 aliphatic rings. The molecule has 0 aromatic heterocycles. The second-order valence-electron chi connectivity index (χ2n) is 5.60. The lowest BCUT2D eigenvalue weighted by atomic mass is 10.1. The van der Waals surface area contributed by atoms with Crippen LogP contribution in [0.4, 0.5) is 5.69 Å². The van der Waals surface area contributed by atoms with E-state index in [1.807, 2.05) is 19.1 Å². The fourth-order valence-corrected chi connectivity index (χ4v) is 3.31. The van der Waals surface area contributed by atoms with E-state index in [1.54, 1.807) is 6.07 Å². The van der Waals surface area contributed by atoms with E-state index in [0.717, 1.165) is 30.9 Å². The minimum absolute atomic E-state index is 0.437. The smallest absolute Gasteiger partial charge is 0.337 e. The zero-order chi connectivity index (χ0) is 13.4. The van der Waals surface area contributed by atoms with E-state index in [-0.39, 0.29) is 0 Å². The van der Waals surface area contributed by atoms with Gasteiger partial charge >= 0.3 is 5.97 Å². The van der Waals surface area contributed by atoms with Gasteiger partial charge in [0, 0.05) is 25.7 Å². The molecule has 1 aromatic rings. The Bertz CT molecular complexity index is 501. The molecule has 2 aliphatic heterocycles. The van der Waals surface area contributed by atoms with Crippen LogP contribution in [0.2, 0.25) is 0 Å². The molecule has 19 heavy (non-hydrogen) atoms. The van der Waals surface area contributed by atoms with Crippen molar-refractivity contribution in [1.82, 2.24) is 4.90 Å². The summed E-state index contributed by atoms with van der Waals surface area (Å²) in [4.78, 5) is 16.2.